The molecule has 0 atom stereocenters. The Hall–Kier alpha value is -3.67. The van der Waals surface area contributed by atoms with Crippen LogP contribution in [0.3, 0.4) is 0 Å². The second-order valence-electron chi connectivity index (χ2n) is 6.05. The van der Waals surface area contributed by atoms with Gasteiger partial charge in [0.2, 0.25) is 5.89 Å². The summed E-state index contributed by atoms with van der Waals surface area (Å²) in [7, 11) is 0. The van der Waals surface area contributed by atoms with E-state index < -0.39 is 11.5 Å². The summed E-state index contributed by atoms with van der Waals surface area (Å²) < 4.78 is 10.8. The normalized spacial score (nSPS) is 10.9. The van der Waals surface area contributed by atoms with Gasteiger partial charge in [-0.25, -0.2) is 9.78 Å². The molecule has 6 nitrogen and oxygen atoms in total. The molecule has 4 aromatic rings. The summed E-state index contributed by atoms with van der Waals surface area (Å²) in [6.45, 7) is 1.89. The Morgan fingerprint density at radius 1 is 1.04 bits per heavy atom. The number of para-hydroxylation sites is 1. The van der Waals surface area contributed by atoms with Crippen molar-refractivity contribution >= 4 is 16.9 Å². The highest BCUT2D eigenvalue weighted by Gasteiger charge is 2.16. The van der Waals surface area contributed by atoms with Crippen LogP contribution in [0.25, 0.3) is 22.2 Å². The Balaban J connectivity index is 1.53. The first-order valence-electron chi connectivity index (χ1n) is 8.44. The predicted octanol–water partition coefficient (Wildman–Crippen LogP) is 3.69. The third-order valence-electron chi connectivity index (χ3n) is 4.17. The second-order valence-corrected chi connectivity index (χ2v) is 6.05. The van der Waals surface area contributed by atoms with E-state index in [9.17, 15) is 9.59 Å². The molecule has 0 saturated heterocycles. The van der Waals surface area contributed by atoms with Gasteiger partial charge in [-0.3, -0.25) is 4.79 Å². The third kappa shape index (κ3) is 3.37. The molecule has 2 aromatic heterocycles. The molecule has 0 fully saturated rings. The van der Waals surface area contributed by atoms with Crippen LogP contribution in [0.1, 0.15) is 22.0 Å². The van der Waals surface area contributed by atoms with Gasteiger partial charge < -0.3 is 14.2 Å². The van der Waals surface area contributed by atoms with Crippen molar-refractivity contribution in [2.75, 3.05) is 0 Å². The predicted molar refractivity (Wildman–Crippen MR) is 100 cm³/mol. The molecule has 0 bridgehead atoms. The van der Waals surface area contributed by atoms with Crippen LogP contribution < -0.4 is 10.9 Å². The molecule has 2 aromatic carbocycles. The lowest BCUT2D eigenvalue weighted by Crippen LogP contribution is -2.27. The Kier molecular flexibility index (Phi) is 4.30. The summed E-state index contributed by atoms with van der Waals surface area (Å²) in [6, 6.07) is 18.2. The largest absolute Gasteiger partial charge is 0.443 e. The maximum Gasteiger partial charge on any atom is 0.349 e. The minimum absolute atomic E-state index is 0.0553. The highest BCUT2D eigenvalue weighted by Crippen LogP contribution is 2.23. The van der Waals surface area contributed by atoms with Crippen LogP contribution in [0.4, 0.5) is 0 Å². The average Bonchev–Trinajstić information content (AvgIpc) is 3.07. The van der Waals surface area contributed by atoms with Crippen LogP contribution in [0, 0.1) is 6.92 Å². The molecule has 1 amide bonds. The molecule has 0 saturated carbocycles. The zero-order valence-electron chi connectivity index (χ0n) is 14.6. The molecule has 0 aliphatic carbocycles. The lowest BCUT2D eigenvalue weighted by Gasteiger charge is -2.03. The number of aryl methyl sites for hydroxylation is 1. The maximum absolute atomic E-state index is 12.4. The second kappa shape index (κ2) is 6.92. The van der Waals surface area contributed by atoms with Crippen molar-refractivity contribution in [2.45, 2.75) is 13.5 Å². The zero-order valence-corrected chi connectivity index (χ0v) is 14.6. The monoisotopic (exact) mass is 360 g/mol. The van der Waals surface area contributed by atoms with Gasteiger partial charge in [0, 0.05) is 10.9 Å². The number of aromatic nitrogens is 1. The molecule has 0 radical (unpaired) electrons. The number of fused-ring (bicyclic) bond motifs is 1. The number of nitrogens with one attached hydrogen (secondary N) is 1. The highest BCUT2D eigenvalue weighted by molar-refractivity contribution is 5.96. The summed E-state index contributed by atoms with van der Waals surface area (Å²) in [5, 5.41) is 3.34. The number of nitrogens with zero attached hydrogens (tertiary/aromatic N) is 1. The SMILES string of the molecule is Cc1oc(CNC(=O)c2cc3ccccc3oc2=O)nc1-c1ccccc1. The van der Waals surface area contributed by atoms with E-state index in [4.69, 9.17) is 8.83 Å². The molecule has 0 spiro atoms. The number of hydrogen-bond acceptors (Lipinski definition) is 5. The van der Waals surface area contributed by atoms with Gasteiger partial charge in [0.05, 0.1) is 6.54 Å². The van der Waals surface area contributed by atoms with Crippen molar-refractivity contribution in [2.24, 2.45) is 0 Å². The molecule has 27 heavy (non-hydrogen) atoms. The first-order chi connectivity index (χ1) is 13.1. The maximum atomic E-state index is 12.4. The molecule has 134 valence electrons. The number of rotatable bonds is 4. The number of carbonyl (C=O) groups is 1. The van der Waals surface area contributed by atoms with Crippen LogP contribution in [0.15, 0.2) is 74.3 Å². The standard InChI is InChI=1S/C21H16N2O4/c1-13-19(14-7-3-2-4-8-14)23-18(26-13)12-22-20(24)16-11-15-9-5-6-10-17(15)27-21(16)25/h2-11H,12H2,1H3,(H,22,24). The summed E-state index contributed by atoms with van der Waals surface area (Å²) in [6.07, 6.45) is 0. The summed E-state index contributed by atoms with van der Waals surface area (Å²) in [4.78, 5) is 28.9. The Morgan fingerprint density at radius 2 is 1.78 bits per heavy atom. The molecule has 6 heteroatoms. The lowest BCUT2D eigenvalue weighted by molar-refractivity contribution is 0.0943. The Morgan fingerprint density at radius 3 is 2.59 bits per heavy atom. The van der Waals surface area contributed by atoms with Gasteiger partial charge in [0.1, 0.15) is 22.6 Å². The number of amides is 1. The van der Waals surface area contributed by atoms with Crippen LogP contribution in [-0.2, 0) is 6.54 Å². The minimum Gasteiger partial charge on any atom is -0.443 e. The first-order valence-corrected chi connectivity index (χ1v) is 8.44. The number of benzene rings is 2. The van der Waals surface area contributed by atoms with E-state index in [0.29, 0.717) is 22.6 Å². The zero-order chi connectivity index (χ0) is 18.8. The smallest absolute Gasteiger partial charge is 0.349 e. The molecule has 0 aliphatic rings. The van der Waals surface area contributed by atoms with E-state index >= 15 is 0 Å². The molecule has 0 unspecified atom stereocenters. The molecule has 0 aliphatic heterocycles. The summed E-state index contributed by atoms with van der Waals surface area (Å²) in [5.41, 5.74) is 1.37. The van der Waals surface area contributed by atoms with E-state index in [1.165, 1.54) is 6.07 Å². The van der Waals surface area contributed by atoms with Crippen LogP contribution in [-0.4, -0.2) is 10.9 Å². The van der Waals surface area contributed by atoms with E-state index in [1.807, 2.05) is 43.3 Å². The molecule has 1 N–H and O–H groups in total. The van der Waals surface area contributed by atoms with Crippen molar-refractivity contribution < 1.29 is 13.6 Å². The molecule has 2 heterocycles. The number of oxazole rings is 1. The van der Waals surface area contributed by atoms with E-state index in [-0.39, 0.29) is 12.1 Å². The van der Waals surface area contributed by atoms with Gasteiger partial charge in [-0.15, -0.1) is 0 Å². The van der Waals surface area contributed by atoms with Gasteiger partial charge in [0.25, 0.3) is 5.91 Å². The third-order valence-corrected chi connectivity index (χ3v) is 4.17. The lowest BCUT2D eigenvalue weighted by atomic mass is 10.1. The van der Waals surface area contributed by atoms with Gasteiger partial charge in [-0.05, 0) is 19.1 Å². The fraction of sp³-hybridized carbons (Fsp3) is 0.0952. The van der Waals surface area contributed by atoms with Gasteiger partial charge in [0.15, 0.2) is 0 Å². The summed E-state index contributed by atoms with van der Waals surface area (Å²) >= 11 is 0. The van der Waals surface area contributed by atoms with Crippen LogP contribution >= 0.6 is 0 Å². The van der Waals surface area contributed by atoms with Crippen molar-refractivity contribution in [3.63, 3.8) is 0 Å². The van der Waals surface area contributed by atoms with Gasteiger partial charge in [-0.2, -0.15) is 0 Å². The molecule has 4 rings (SSSR count). The van der Waals surface area contributed by atoms with Gasteiger partial charge >= 0.3 is 5.63 Å². The van der Waals surface area contributed by atoms with E-state index in [2.05, 4.69) is 10.3 Å². The average molecular weight is 360 g/mol. The molecular weight excluding hydrogens is 344 g/mol. The van der Waals surface area contributed by atoms with E-state index in [0.717, 1.165) is 11.3 Å². The number of carbonyl (C=O) groups excluding carboxylic acids is 1. The fourth-order valence-electron chi connectivity index (χ4n) is 2.86. The highest BCUT2D eigenvalue weighted by atomic mass is 16.4. The first kappa shape index (κ1) is 16.8. The molecular formula is C21H16N2O4. The van der Waals surface area contributed by atoms with E-state index in [1.54, 1.807) is 18.2 Å². The van der Waals surface area contributed by atoms with Crippen molar-refractivity contribution in [3.05, 3.63) is 88.3 Å². The Bertz CT molecular complexity index is 1180. The van der Waals surface area contributed by atoms with Crippen LogP contribution in [0.5, 0.6) is 0 Å². The van der Waals surface area contributed by atoms with Gasteiger partial charge in [-0.1, -0.05) is 48.5 Å². The quantitative estimate of drug-likeness (QED) is 0.561. The topological polar surface area (TPSA) is 85.3 Å². The van der Waals surface area contributed by atoms with Crippen molar-refractivity contribution in [1.82, 2.24) is 10.3 Å². The van der Waals surface area contributed by atoms with Crippen LogP contribution in [0.2, 0.25) is 0 Å². The fourth-order valence-corrected chi connectivity index (χ4v) is 2.86. The number of hydrogen-bond donors (Lipinski definition) is 1. The van der Waals surface area contributed by atoms with Crippen molar-refractivity contribution in [3.8, 4) is 11.3 Å². The minimum atomic E-state index is -0.681. The summed E-state index contributed by atoms with van der Waals surface area (Å²) in [5.74, 6) is 0.493. The van der Waals surface area contributed by atoms with Crippen molar-refractivity contribution in [1.29, 1.82) is 0 Å². The Labute approximate surface area is 154 Å².